The Balaban J connectivity index is 2.22. The molecule has 0 amide bonds. The fourth-order valence-corrected chi connectivity index (χ4v) is 2.16. The summed E-state index contributed by atoms with van der Waals surface area (Å²) in [7, 11) is 0. The molecule has 0 saturated carbocycles. The van der Waals surface area contributed by atoms with E-state index in [1.807, 2.05) is 0 Å². The van der Waals surface area contributed by atoms with E-state index in [9.17, 15) is 0 Å². The van der Waals surface area contributed by atoms with Crippen molar-refractivity contribution in [2.24, 2.45) is 0 Å². The van der Waals surface area contributed by atoms with E-state index in [4.69, 9.17) is 4.42 Å². The number of hydrogen-bond acceptors (Lipinski definition) is 1. The molecule has 1 nitrogen and oxygen atoms in total. The van der Waals surface area contributed by atoms with Gasteiger partial charge in [-0.15, -0.1) is 0 Å². The van der Waals surface area contributed by atoms with Crippen LogP contribution in [0, 0.1) is 0 Å². The third-order valence-electron chi connectivity index (χ3n) is 2.81. The maximum absolute atomic E-state index is 5.79. The van der Waals surface area contributed by atoms with E-state index in [0.717, 1.165) is 31.4 Å². The van der Waals surface area contributed by atoms with Gasteiger partial charge in [-0.3, -0.25) is 0 Å². The van der Waals surface area contributed by atoms with Gasteiger partial charge in [-0.05, 0) is 25.3 Å². The van der Waals surface area contributed by atoms with Crippen LogP contribution in [0.4, 0.5) is 0 Å². The minimum atomic E-state index is 1.08. The molecule has 0 bridgehead atoms. The van der Waals surface area contributed by atoms with Crippen LogP contribution in [0.2, 0.25) is 0 Å². The van der Waals surface area contributed by atoms with Crippen LogP contribution < -0.4 is 0 Å². The van der Waals surface area contributed by atoms with Gasteiger partial charge in [0.05, 0.1) is 0 Å². The number of furan rings is 1. The lowest BCUT2D eigenvalue weighted by molar-refractivity contribution is 0.496. The highest BCUT2D eigenvalue weighted by molar-refractivity contribution is 5.65. The molecule has 0 N–H and O–H groups in total. The van der Waals surface area contributed by atoms with E-state index >= 15 is 0 Å². The van der Waals surface area contributed by atoms with Crippen LogP contribution in [0.1, 0.15) is 35.5 Å². The Morgan fingerprint density at radius 2 is 1.85 bits per heavy atom. The molecule has 2 aliphatic carbocycles. The summed E-state index contributed by atoms with van der Waals surface area (Å²) in [5, 5.41) is 0. The average molecular weight is 172 g/mol. The second-order valence-corrected chi connectivity index (χ2v) is 3.66. The fraction of sp³-hybridized carbons (Fsp3) is 0.333. The molecule has 1 aromatic heterocycles. The summed E-state index contributed by atoms with van der Waals surface area (Å²) in [6.07, 6.45) is 13.3. The molecule has 0 aliphatic heterocycles. The molecule has 0 spiro atoms. The van der Waals surface area contributed by atoms with Gasteiger partial charge in [0, 0.05) is 17.5 Å². The predicted molar refractivity (Wildman–Crippen MR) is 53.4 cm³/mol. The lowest BCUT2D eigenvalue weighted by Crippen LogP contribution is -1.94. The molecule has 2 aliphatic rings. The molecule has 0 radical (unpaired) electrons. The van der Waals surface area contributed by atoms with Crippen LogP contribution in [0.25, 0.3) is 12.2 Å². The summed E-state index contributed by atoms with van der Waals surface area (Å²) in [6, 6.07) is 0. The summed E-state index contributed by atoms with van der Waals surface area (Å²) in [5.41, 5.74) is 2.79. The normalized spacial score (nSPS) is 18.5. The Morgan fingerprint density at radius 3 is 2.85 bits per heavy atom. The molecule has 0 saturated heterocycles. The average Bonchev–Trinajstić information content (AvgIpc) is 2.56. The summed E-state index contributed by atoms with van der Waals surface area (Å²) >= 11 is 0. The minimum Gasteiger partial charge on any atom is -0.461 e. The van der Waals surface area contributed by atoms with Gasteiger partial charge in [0.25, 0.3) is 0 Å². The van der Waals surface area contributed by atoms with Crippen molar-refractivity contribution in [3.63, 3.8) is 0 Å². The molecule has 0 atom stereocenters. The van der Waals surface area contributed by atoms with Crippen molar-refractivity contribution in [1.82, 2.24) is 0 Å². The van der Waals surface area contributed by atoms with E-state index < -0.39 is 0 Å². The highest BCUT2D eigenvalue weighted by Crippen LogP contribution is 2.32. The Kier molecular flexibility index (Phi) is 1.45. The van der Waals surface area contributed by atoms with Gasteiger partial charge in [-0.2, -0.15) is 0 Å². The second kappa shape index (κ2) is 2.63. The predicted octanol–water partition coefficient (Wildman–Crippen LogP) is 3.20. The first-order valence-electron chi connectivity index (χ1n) is 4.93. The third kappa shape index (κ3) is 0.998. The zero-order chi connectivity index (χ0) is 8.67. The van der Waals surface area contributed by atoms with Crippen molar-refractivity contribution in [3.05, 3.63) is 34.8 Å². The zero-order valence-electron chi connectivity index (χ0n) is 7.55. The number of aryl methyl sites for hydroxylation is 1. The molecular weight excluding hydrogens is 160 g/mol. The van der Waals surface area contributed by atoms with Crippen molar-refractivity contribution in [1.29, 1.82) is 0 Å². The van der Waals surface area contributed by atoms with Gasteiger partial charge in [-0.1, -0.05) is 18.2 Å². The lowest BCUT2D eigenvalue weighted by atomic mass is 9.96. The molecular formula is C12H12O. The van der Waals surface area contributed by atoms with Crippen molar-refractivity contribution in [3.8, 4) is 0 Å². The first kappa shape index (κ1) is 7.19. The topological polar surface area (TPSA) is 13.1 Å². The van der Waals surface area contributed by atoms with Crippen LogP contribution >= 0.6 is 0 Å². The summed E-state index contributed by atoms with van der Waals surface area (Å²) < 4.78 is 5.79. The highest BCUT2D eigenvalue weighted by Gasteiger charge is 2.19. The molecule has 13 heavy (non-hydrogen) atoms. The molecule has 1 heterocycles. The fourth-order valence-electron chi connectivity index (χ4n) is 2.16. The Labute approximate surface area is 77.8 Å². The standard InChI is InChI=1S/C12H12O/c1-3-7-11-9(5-1)10-6-2-4-8-12(10)13-11/h1,4-5,8H,2-3,6-7H2. The minimum absolute atomic E-state index is 1.08. The molecule has 1 heteroatoms. The lowest BCUT2D eigenvalue weighted by Gasteiger charge is -2.05. The van der Waals surface area contributed by atoms with E-state index in [1.165, 1.54) is 16.9 Å². The maximum Gasteiger partial charge on any atom is 0.130 e. The van der Waals surface area contributed by atoms with Gasteiger partial charge >= 0.3 is 0 Å². The number of hydrogen-bond donors (Lipinski definition) is 0. The first-order valence-corrected chi connectivity index (χ1v) is 4.93. The number of fused-ring (bicyclic) bond motifs is 3. The quantitative estimate of drug-likeness (QED) is 0.585. The van der Waals surface area contributed by atoms with Crippen LogP contribution in [0.5, 0.6) is 0 Å². The van der Waals surface area contributed by atoms with E-state index in [1.54, 1.807) is 0 Å². The number of rotatable bonds is 0. The monoisotopic (exact) mass is 172 g/mol. The largest absolute Gasteiger partial charge is 0.461 e. The van der Waals surface area contributed by atoms with Crippen molar-refractivity contribution >= 4 is 12.2 Å². The molecule has 0 unspecified atom stereocenters. The van der Waals surface area contributed by atoms with Gasteiger partial charge in [0.2, 0.25) is 0 Å². The SMILES string of the molecule is C1=Cc2c(oc3c2CCC=C3)CC1. The molecule has 0 fully saturated rings. The summed E-state index contributed by atoms with van der Waals surface area (Å²) in [5.74, 6) is 2.29. The van der Waals surface area contributed by atoms with E-state index in [0.29, 0.717) is 0 Å². The maximum atomic E-state index is 5.79. The van der Waals surface area contributed by atoms with Gasteiger partial charge in [0.15, 0.2) is 0 Å². The molecule has 66 valence electrons. The molecule has 1 aromatic rings. The van der Waals surface area contributed by atoms with Crippen LogP contribution in [-0.2, 0) is 12.8 Å². The van der Waals surface area contributed by atoms with Crippen molar-refractivity contribution < 1.29 is 4.42 Å². The highest BCUT2D eigenvalue weighted by atomic mass is 16.3. The van der Waals surface area contributed by atoms with E-state index in [2.05, 4.69) is 24.3 Å². The zero-order valence-corrected chi connectivity index (χ0v) is 7.55. The molecule has 0 aromatic carbocycles. The van der Waals surface area contributed by atoms with Crippen molar-refractivity contribution in [2.75, 3.05) is 0 Å². The smallest absolute Gasteiger partial charge is 0.130 e. The van der Waals surface area contributed by atoms with Gasteiger partial charge in [0.1, 0.15) is 11.5 Å². The second-order valence-electron chi connectivity index (χ2n) is 3.66. The van der Waals surface area contributed by atoms with E-state index in [-0.39, 0.29) is 0 Å². The first-order chi connectivity index (χ1) is 6.45. The number of allylic oxidation sites excluding steroid dienone is 2. The molecule has 3 rings (SSSR count). The van der Waals surface area contributed by atoms with Gasteiger partial charge < -0.3 is 4.42 Å². The Hall–Kier alpha value is -1.24. The van der Waals surface area contributed by atoms with Gasteiger partial charge in [-0.25, -0.2) is 0 Å². The summed E-state index contributed by atoms with van der Waals surface area (Å²) in [4.78, 5) is 0. The van der Waals surface area contributed by atoms with Crippen LogP contribution in [-0.4, -0.2) is 0 Å². The Bertz CT molecular complexity index is 394. The van der Waals surface area contributed by atoms with Crippen LogP contribution in [0.15, 0.2) is 16.6 Å². The summed E-state index contributed by atoms with van der Waals surface area (Å²) in [6.45, 7) is 0. The van der Waals surface area contributed by atoms with Crippen molar-refractivity contribution in [2.45, 2.75) is 25.7 Å². The Morgan fingerprint density at radius 1 is 1.00 bits per heavy atom. The van der Waals surface area contributed by atoms with Crippen LogP contribution in [0.3, 0.4) is 0 Å². The third-order valence-corrected chi connectivity index (χ3v) is 2.81.